The molecule has 2 N–H and O–H groups in total. The molecule has 0 spiro atoms. The second-order valence-corrected chi connectivity index (χ2v) is 6.62. The molecule has 2 atom stereocenters. The normalized spacial score (nSPS) is 20.9. The molecule has 1 fully saturated rings. The lowest BCUT2D eigenvalue weighted by Crippen LogP contribution is -3.14. The third-order valence-electron chi connectivity index (χ3n) is 4.55. The number of piperidine rings is 1. The zero-order valence-electron chi connectivity index (χ0n) is 13.7. The molecule has 2 aromatic carbocycles. The van der Waals surface area contributed by atoms with Crippen molar-refractivity contribution in [2.75, 3.05) is 25.0 Å². The van der Waals surface area contributed by atoms with Gasteiger partial charge in [-0.05, 0) is 36.1 Å². The van der Waals surface area contributed by atoms with Crippen LogP contribution in [-0.4, -0.2) is 25.5 Å². The van der Waals surface area contributed by atoms with Gasteiger partial charge < -0.3 is 10.2 Å². The van der Waals surface area contributed by atoms with Crippen LogP contribution in [0.3, 0.4) is 0 Å². The van der Waals surface area contributed by atoms with Gasteiger partial charge in [0.15, 0.2) is 6.54 Å². The van der Waals surface area contributed by atoms with E-state index in [1.807, 2.05) is 30.3 Å². The van der Waals surface area contributed by atoms with Gasteiger partial charge in [-0.15, -0.1) is 0 Å². The Morgan fingerprint density at radius 3 is 2.48 bits per heavy atom. The number of likely N-dealkylation sites (tertiary alicyclic amines) is 1. The van der Waals surface area contributed by atoms with Crippen LogP contribution in [0.5, 0.6) is 0 Å². The van der Waals surface area contributed by atoms with Crippen LogP contribution in [0.2, 0.25) is 0 Å². The van der Waals surface area contributed by atoms with Crippen LogP contribution in [-0.2, 0) is 4.79 Å². The maximum absolute atomic E-state index is 12.2. The summed E-state index contributed by atoms with van der Waals surface area (Å²) in [5.41, 5.74) is 3.23. The number of anilines is 1. The van der Waals surface area contributed by atoms with Crippen LogP contribution in [0, 0.1) is 5.92 Å². The standard InChI is InChI=1S/C20H24N2O/c1-16-6-5-13-22(14-16)15-20(23)21-19-11-9-18(10-12-19)17-7-3-2-4-8-17/h2-4,7-12,16H,5-6,13-15H2,1H3,(H,21,23)/p+1/t16-/m0/s1. The van der Waals surface area contributed by atoms with Gasteiger partial charge in [0, 0.05) is 11.6 Å². The average Bonchev–Trinajstić information content (AvgIpc) is 2.56. The zero-order valence-corrected chi connectivity index (χ0v) is 13.7. The van der Waals surface area contributed by atoms with Gasteiger partial charge in [0.1, 0.15) is 0 Å². The molecule has 0 aromatic heterocycles. The van der Waals surface area contributed by atoms with Crippen molar-refractivity contribution in [2.45, 2.75) is 19.8 Å². The van der Waals surface area contributed by atoms with Crippen LogP contribution in [0.4, 0.5) is 5.69 Å². The Morgan fingerprint density at radius 2 is 1.78 bits per heavy atom. The van der Waals surface area contributed by atoms with Gasteiger partial charge in [0.2, 0.25) is 0 Å². The molecule has 0 bridgehead atoms. The average molecular weight is 309 g/mol. The quantitative estimate of drug-likeness (QED) is 0.894. The molecule has 120 valence electrons. The molecule has 0 radical (unpaired) electrons. The van der Waals surface area contributed by atoms with Crippen molar-refractivity contribution in [2.24, 2.45) is 5.92 Å². The summed E-state index contributed by atoms with van der Waals surface area (Å²) in [5.74, 6) is 0.846. The van der Waals surface area contributed by atoms with Gasteiger partial charge in [-0.2, -0.15) is 0 Å². The monoisotopic (exact) mass is 309 g/mol. The molecule has 3 rings (SSSR count). The second kappa shape index (κ2) is 7.42. The molecule has 1 unspecified atom stereocenters. The maximum atomic E-state index is 12.2. The molecule has 1 amide bonds. The number of carbonyl (C=O) groups excluding carboxylic acids is 1. The Balaban J connectivity index is 1.56. The minimum Gasteiger partial charge on any atom is -0.327 e. The largest absolute Gasteiger partial charge is 0.327 e. The molecule has 0 saturated carbocycles. The molecule has 1 aliphatic heterocycles. The predicted molar refractivity (Wildman–Crippen MR) is 94.5 cm³/mol. The van der Waals surface area contributed by atoms with Crippen molar-refractivity contribution < 1.29 is 9.69 Å². The van der Waals surface area contributed by atoms with E-state index in [-0.39, 0.29) is 5.91 Å². The Kier molecular flexibility index (Phi) is 5.09. The SMILES string of the molecule is C[C@H]1CCC[NH+](CC(=O)Nc2ccc(-c3ccccc3)cc2)C1. The molecule has 0 aliphatic carbocycles. The Morgan fingerprint density at radius 1 is 1.09 bits per heavy atom. The van der Waals surface area contributed by atoms with E-state index in [2.05, 4.69) is 36.5 Å². The minimum absolute atomic E-state index is 0.113. The Hall–Kier alpha value is -2.13. The Bertz CT molecular complexity index is 636. The number of quaternary nitrogens is 1. The van der Waals surface area contributed by atoms with Crippen LogP contribution in [0.25, 0.3) is 11.1 Å². The van der Waals surface area contributed by atoms with Gasteiger partial charge in [0.05, 0.1) is 13.1 Å². The van der Waals surface area contributed by atoms with Crippen molar-refractivity contribution >= 4 is 11.6 Å². The second-order valence-electron chi connectivity index (χ2n) is 6.62. The first-order valence-corrected chi connectivity index (χ1v) is 8.49. The third kappa shape index (κ3) is 4.42. The van der Waals surface area contributed by atoms with Crippen molar-refractivity contribution in [3.05, 3.63) is 54.6 Å². The summed E-state index contributed by atoms with van der Waals surface area (Å²) < 4.78 is 0. The highest BCUT2D eigenvalue weighted by Crippen LogP contribution is 2.20. The molecule has 2 aromatic rings. The van der Waals surface area contributed by atoms with E-state index >= 15 is 0 Å². The first-order valence-electron chi connectivity index (χ1n) is 8.49. The maximum Gasteiger partial charge on any atom is 0.279 e. The number of carbonyl (C=O) groups is 1. The summed E-state index contributed by atoms with van der Waals surface area (Å²) in [6, 6.07) is 18.3. The number of rotatable bonds is 4. The van der Waals surface area contributed by atoms with E-state index < -0.39 is 0 Å². The number of nitrogens with one attached hydrogen (secondary N) is 2. The Labute approximate surface area is 138 Å². The van der Waals surface area contributed by atoms with E-state index in [0.717, 1.165) is 24.7 Å². The molecular weight excluding hydrogens is 284 g/mol. The highest BCUT2D eigenvalue weighted by Gasteiger charge is 2.21. The number of hydrogen-bond donors (Lipinski definition) is 2. The van der Waals surface area contributed by atoms with Gasteiger partial charge in [-0.3, -0.25) is 4.79 Å². The summed E-state index contributed by atoms with van der Waals surface area (Å²) in [6.07, 6.45) is 2.53. The zero-order chi connectivity index (χ0) is 16.1. The van der Waals surface area contributed by atoms with Crippen molar-refractivity contribution in [3.63, 3.8) is 0 Å². The van der Waals surface area contributed by atoms with Gasteiger partial charge in [-0.25, -0.2) is 0 Å². The summed E-state index contributed by atoms with van der Waals surface area (Å²) in [7, 11) is 0. The molecule has 1 saturated heterocycles. The molecule has 23 heavy (non-hydrogen) atoms. The predicted octanol–water partition coefficient (Wildman–Crippen LogP) is 2.61. The van der Waals surface area contributed by atoms with E-state index in [9.17, 15) is 4.79 Å². The van der Waals surface area contributed by atoms with Crippen LogP contribution in [0.1, 0.15) is 19.8 Å². The van der Waals surface area contributed by atoms with Crippen LogP contribution >= 0.6 is 0 Å². The fraction of sp³-hybridized carbons (Fsp3) is 0.350. The summed E-state index contributed by atoms with van der Waals surface area (Å²) in [4.78, 5) is 13.6. The fourth-order valence-corrected chi connectivity index (χ4v) is 3.37. The topological polar surface area (TPSA) is 33.5 Å². The summed E-state index contributed by atoms with van der Waals surface area (Å²) in [6.45, 7) is 5.08. The van der Waals surface area contributed by atoms with E-state index in [1.54, 1.807) is 0 Å². The molecular formula is C20H25N2O+. The third-order valence-corrected chi connectivity index (χ3v) is 4.55. The van der Waals surface area contributed by atoms with Crippen molar-refractivity contribution in [1.29, 1.82) is 0 Å². The molecule has 1 aliphatic rings. The van der Waals surface area contributed by atoms with Gasteiger partial charge in [0.25, 0.3) is 5.91 Å². The molecule has 3 nitrogen and oxygen atoms in total. The first kappa shape index (κ1) is 15.8. The van der Waals surface area contributed by atoms with Crippen LogP contribution < -0.4 is 10.2 Å². The number of benzene rings is 2. The number of hydrogen-bond acceptors (Lipinski definition) is 1. The lowest BCUT2D eigenvalue weighted by molar-refractivity contribution is -0.900. The lowest BCUT2D eigenvalue weighted by atomic mass is 10.0. The van der Waals surface area contributed by atoms with Crippen molar-refractivity contribution in [3.8, 4) is 11.1 Å². The highest BCUT2D eigenvalue weighted by molar-refractivity contribution is 5.91. The van der Waals surface area contributed by atoms with E-state index in [1.165, 1.54) is 28.9 Å². The first-order chi connectivity index (χ1) is 11.2. The van der Waals surface area contributed by atoms with Gasteiger partial charge >= 0.3 is 0 Å². The highest BCUT2D eigenvalue weighted by atomic mass is 16.2. The fourth-order valence-electron chi connectivity index (χ4n) is 3.37. The minimum atomic E-state index is 0.113. The van der Waals surface area contributed by atoms with E-state index in [4.69, 9.17) is 0 Å². The molecule has 1 heterocycles. The lowest BCUT2D eigenvalue weighted by Gasteiger charge is -2.27. The molecule has 3 heteroatoms. The van der Waals surface area contributed by atoms with E-state index in [0.29, 0.717) is 6.54 Å². The van der Waals surface area contributed by atoms with Crippen molar-refractivity contribution in [1.82, 2.24) is 0 Å². The van der Waals surface area contributed by atoms with Crippen LogP contribution in [0.15, 0.2) is 54.6 Å². The summed E-state index contributed by atoms with van der Waals surface area (Å²) >= 11 is 0. The smallest absolute Gasteiger partial charge is 0.279 e. The number of amides is 1. The summed E-state index contributed by atoms with van der Waals surface area (Å²) in [5, 5.41) is 3.02. The van der Waals surface area contributed by atoms with Gasteiger partial charge in [-0.1, -0.05) is 49.4 Å².